The van der Waals surface area contributed by atoms with Crippen LogP contribution in [0.15, 0.2) is 34.7 Å². The van der Waals surface area contributed by atoms with Crippen molar-refractivity contribution in [1.29, 1.82) is 0 Å². The molecule has 0 aliphatic heterocycles. The first-order valence-corrected chi connectivity index (χ1v) is 5.95. The first kappa shape index (κ1) is 13.8. The highest BCUT2D eigenvalue weighted by molar-refractivity contribution is 6.06. The van der Waals surface area contributed by atoms with E-state index in [9.17, 15) is 9.59 Å². The third kappa shape index (κ3) is 2.86. The zero-order valence-corrected chi connectivity index (χ0v) is 10.8. The summed E-state index contributed by atoms with van der Waals surface area (Å²) in [5, 5.41) is 11.6. The van der Waals surface area contributed by atoms with Crippen LogP contribution < -0.4 is 11.1 Å². The molecule has 1 amide bonds. The minimum absolute atomic E-state index is 0.0314. The molecule has 0 saturated heterocycles. The summed E-state index contributed by atoms with van der Waals surface area (Å²) in [5.74, 6) is -1.05. The molecule has 4 N–H and O–H groups in total. The molecule has 0 saturated carbocycles. The Hall–Kier alpha value is -2.60. The Morgan fingerprint density at radius 1 is 1.30 bits per heavy atom. The largest absolute Gasteiger partial charge is 0.478 e. The Kier molecular flexibility index (Phi) is 3.86. The maximum Gasteiger partial charge on any atom is 0.337 e. The summed E-state index contributed by atoms with van der Waals surface area (Å²) in [6.07, 6.45) is 0. The van der Waals surface area contributed by atoms with Gasteiger partial charge >= 0.3 is 5.97 Å². The molecule has 2 rings (SSSR count). The summed E-state index contributed by atoms with van der Waals surface area (Å²) in [6, 6.07) is 7.85. The molecule has 1 aromatic carbocycles. The fraction of sp³-hybridized carbons (Fsp3) is 0.143. The van der Waals surface area contributed by atoms with Crippen molar-refractivity contribution in [2.24, 2.45) is 5.73 Å². The molecule has 0 aliphatic carbocycles. The standard InChI is InChI=1S/C14H14N2O4/c1-8-2-4-11(10(6-8)14(18)19)16-13(17)12-5-3-9(7-15)20-12/h2-6H,7,15H2,1H3,(H,16,17)(H,18,19). The Bertz CT molecular complexity index is 661. The number of amides is 1. The van der Waals surface area contributed by atoms with Crippen LogP contribution in [-0.2, 0) is 6.54 Å². The van der Waals surface area contributed by atoms with E-state index < -0.39 is 11.9 Å². The Balaban J connectivity index is 2.25. The van der Waals surface area contributed by atoms with Crippen LogP contribution in [0.25, 0.3) is 0 Å². The summed E-state index contributed by atoms with van der Waals surface area (Å²) < 4.78 is 5.21. The van der Waals surface area contributed by atoms with Gasteiger partial charge in [0.25, 0.3) is 5.91 Å². The first-order chi connectivity index (χ1) is 9.51. The van der Waals surface area contributed by atoms with E-state index in [1.165, 1.54) is 12.1 Å². The van der Waals surface area contributed by atoms with Crippen LogP contribution in [-0.4, -0.2) is 17.0 Å². The van der Waals surface area contributed by atoms with Crippen molar-refractivity contribution in [1.82, 2.24) is 0 Å². The molecule has 6 heteroatoms. The second-order valence-electron chi connectivity index (χ2n) is 4.28. The SMILES string of the molecule is Cc1ccc(NC(=O)c2ccc(CN)o2)c(C(=O)O)c1. The molecule has 0 unspecified atom stereocenters. The first-order valence-electron chi connectivity index (χ1n) is 5.95. The van der Waals surface area contributed by atoms with E-state index >= 15 is 0 Å². The monoisotopic (exact) mass is 274 g/mol. The van der Waals surface area contributed by atoms with Gasteiger partial charge in [-0.2, -0.15) is 0 Å². The lowest BCUT2D eigenvalue weighted by Crippen LogP contribution is -2.14. The Morgan fingerprint density at radius 3 is 2.65 bits per heavy atom. The molecule has 0 bridgehead atoms. The van der Waals surface area contributed by atoms with Crippen molar-refractivity contribution < 1.29 is 19.1 Å². The van der Waals surface area contributed by atoms with Crippen LogP contribution in [0.5, 0.6) is 0 Å². The number of aryl methyl sites for hydroxylation is 1. The van der Waals surface area contributed by atoms with Crippen LogP contribution in [0.2, 0.25) is 0 Å². The summed E-state index contributed by atoms with van der Waals surface area (Å²) in [7, 11) is 0. The van der Waals surface area contributed by atoms with Gasteiger partial charge in [-0.25, -0.2) is 4.79 Å². The number of carbonyl (C=O) groups excluding carboxylic acids is 1. The minimum Gasteiger partial charge on any atom is -0.478 e. The van der Waals surface area contributed by atoms with Gasteiger partial charge in [0.15, 0.2) is 5.76 Å². The van der Waals surface area contributed by atoms with E-state index in [-0.39, 0.29) is 23.6 Å². The fourth-order valence-electron chi connectivity index (χ4n) is 1.74. The number of nitrogens with one attached hydrogen (secondary N) is 1. The summed E-state index contributed by atoms with van der Waals surface area (Å²) >= 11 is 0. The molecule has 2 aromatic rings. The molecule has 0 spiro atoms. The lowest BCUT2D eigenvalue weighted by Gasteiger charge is -2.08. The van der Waals surface area contributed by atoms with Gasteiger partial charge in [0.1, 0.15) is 5.76 Å². The number of benzene rings is 1. The molecular formula is C14H14N2O4. The minimum atomic E-state index is -1.11. The van der Waals surface area contributed by atoms with Gasteiger partial charge in [-0.1, -0.05) is 11.6 Å². The maximum absolute atomic E-state index is 12.0. The average Bonchev–Trinajstić information content (AvgIpc) is 2.89. The molecule has 0 aliphatic rings. The molecule has 0 fully saturated rings. The quantitative estimate of drug-likeness (QED) is 0.790. The van der Waals surface area contributed by atoms with E-state index in [1.807, 2.05) is 0 Å². The van der Waals surface area contributed by atoms with Gasteiger partial charge in [-0.15, -0.1) is 0 Å². The number of hydrogen-bond donors (Lipinski definition) is 3. The number of carboxylic acid groups (broad SMARTS) is 1. The molecule has 20 heavy (non-hydrogen) atoms. The predicted octanol–water partition coefficient (Wildman–Crippen LogP) is 2.00. The van der Waals surface area contributed by atoms with Crippen LogP contribution in [0.1, 0.15) is 32.2 Å². The third-order valence-corrected chi connectivity index (χ3v) is 2.74. The fourth-order valence-corrected chi connectivity index (χ4v) is 1.74. The van der Waals surface area contributed by atoms with Crippen LogP contribution >= 0.6 is 0 Å². The number of furan rings is 1. The molecule has 6 nitrogen and oxygen atoms in total. The number of carboxylic acids is 1. The average molecular weight is 274 g/mol. The highest BCUT2D eigenvalue weighted by Gasteiger charge is 2.16. The number of carbonyl (C=O) groups is 2. The van der Waals surface area contributed by atoms with Gasteiger partial charge < -0.3 is 20.6 Å². The summed E-state index contributed by atoms with van der Waals surface area (Å²) in [5.41, 5.74) is 6.44. The molecule has 104 valence electrons. The van der Waals surface area contributed by atoms with Gasteiger partial charge in [0.05, 0.1) is 17.8 Å². The number of aromatic carboxylic acids is 1. The van der Waals surface area contributed by atoms with Gasteiger partial charge in [-0.05, 0) is 31.2 Å². The van der Waals surface area contributed by atoms with Gasteiger partial charge in [0.2, 0.25) is 0 Å². The van der Waals surface area contributed by atoms with Crippen LogP contribution in [0.3, 0.4) is 0 Å². The summed E-state index contributed by atoms with van der Waals surface area (Å²) in [6.45, 7) is 1.97. The van der Waals surface area contributed by atoms with Crippen molar-refractivity contribution in [3.63, 3.8) is 0 Å². The second-order valence-corrected chi connectivity index (χ2v) is 4.28. The zero-order valence-electron chi connectivity index (χ0n) is 10.8. The smallest absolute Gasteiger partial charge is 0.337 e. The highest BCUT2D eigenvalue weighted by atomic mass is 16.4. The molecule has 0 radical (unpaired) electrons. The van der Waals surface area contributed by atoms with Crippen molar-refractivity contribution in [3.8, 4) is 0 Å². The molecular weight excluding hydrogens is 260 g/mol. The molecule has 1 aromatic heterocycles. The van der Waals surface area contributed by atoms with Gasteiger partial charge in [-0.3, -0.25) is 4.79 Å². The Labute approximate surface area is 115 Å². The number of anilines is 1. The summed E-state index contributed by atoms with van der Waals surface area (Å²) in [4.78, 5) is 23.1. The lowest BCUT2D eigenvalue weighted by atomic mass is 10.1. The second kappa shape index (κ2) is 5.58. The van der Waals surface area contributed by atoms with E-state index in [1.54, 1.807) is 25.1 Å². The number of rotatable bonds is 4. The normalized spacial score (nSPS) is 10.3. The number of nitrogens with two attached hydrogens (primary N) is 1. The van der Waals surface area contributed by atoms with Crippen molar-refractivity contribution in [2.45, 2.75) is 13.5 Å². The van der Waals surface area contributed by atoms with E-state index in [0.29, 0.717) is 5.76 Å². The van der Waals surface area contributed by atoms with E-state index in [0.717, 1.165) is 5.56 Å². The van der Waals surface area contributed by atoms with E-state index in [2.05, 4.69) is 5.32 Å². The highest BCUT2D eigenvalue weighted by Crippen LogP contribution is 2.19. The maximum atomic E-state index is 12.0. The van der Waals surface area contributed by atoms with E-state index in [4.69, 9.17) is 15.3 Å². The molecule has 1 heterocycles. The van der Waals surface area contributed by atoms with Crippen LogP contribution in [0, 0.1) is 6.92 Å². The van der Waals surface area contributed by atoms with Crippen LogP contribution in [0.4, 0.5) is 5.69 Å². The number of hydrogen-bond acceptors (Lipinski definition) is 4. The zero-order chi connectivity index (χ0) is 14.7. The Morgan fingerprint density at radius 2 is 2.05 bits per heavy atom. The molecule has 0 atom stereocenters. The lowest BCUT2D eigenvalue weighted by molar-refractivity contribution is 0.0698. The van der Waals surface area contributed by atoms with Crippen molar-refractivity contribution >= 4 is 17.6 Å². The topological polar surface area (TPSA) is 106 Å². The predicted molar refractivity (Wildman–Crippen MR) is 72.7 cm³/mol. The van der Waals surface area contributed by atoms with Gasteiger partial charge in [0, 0.05) is 0 Å². The third-order valence-electron chi connectivity index (χ3n) is 2.74. The van der Waals surface area contributed by atoms with Crippen molar-refractivity contribution in [3.05, 3.63) is 53.0 Å². The van der Waals surface area contributed by atoms with Crippen molar-refractivity contribution in [2.75, 3.05) is 5.32 Å².